The van der Waals surface area contributed by atoms with Crippen LogP contribution in [0.3, 0.4) is 0 Å². The molecule has 0 aliphatic heterocycles. The van der Waals surface area contributed by atoms with E-state index in [2.05, 4.69) is 20.8 Å². The molecule has 0 bridgehead atoms. The van der Waals surface area contributed by atoms with E-state index in [4.69, 9.17) is 11.6 Å². The Morgan fingerprint density at radius 2 is 2.00 bits per heavy atom. The van der Waals surface area contributed by atoms with Crippen molar-refractivity contribution in [3.05, 3.63) is 58.6 Å². The minimum Gasteiger partial charge on any atom is -0.267 e. The lowest BCUT2D eigenvalue weighted by molar-refractivity contribution is 0.0954. The van der Waals surface area contributed by atoms with Crippen LogP contribution in [-0.2, 0) is 6.54 Å². The molecule has 0 aliphatic rings. The molecule has 128 valence electrons. The smallest absolute Gasteiger partial charge is 0.267 e. The molecule has 1 heterocycles. The molecule has 0 spiro atoms. The van der Waals surface area contributed by atoms with Crippen molar-refractivity contribution in [3.8, 4) is 0 Å². The quantitative estimate of drug-likeness (QED) is 0.439. The van der Waals surface area contributed by atoms with E-state index in [1.165, 1.54) is 0 Å². The van der Waals surface area contributed by atoms with Crippen LogP contribution >= 0.6 is 11.6 Å². The molecule has 3 aromatic rings. The largest absolute Gasteiger partial charge is 0.272 e. The number of hydrazone groups is 1. The van der Waals surface area contributed by atoms with Gasteiger partial charge in [-0.1, -0.05) is 28.9 Å². The van der Waals surface area contributed by atoms with Crippen molar-refractivity contribution in [2.45, 2.75) is 13.5 Å². The van der Waals surface area contributed by atoms with E-state index >= 15 is 0 Å². The number of halogens is 3. The van der Waals surface area contributed by atoms with Crippen LogP contribution in [0.1, 0.15) is 17.3 Å². The number of rotatable bonds is 4. The summed E-state index contributed by atoms with van der Waals surface area (Å²) in [6.07, 6.45) is 0. The van der Waals surface area contributed by atoms with E-state index in [-0.39, 0.29) is 10.6 Å². The Kier molecular flexibility index (Phi) is 4.71. The van der Waals surface area contributed by atoms with Gasteiger partial charge in [0.25, 0.3) is 5.91 Å². The van der Waals surface area contributed by atoms with Crippen LogP contribution in [0.25, 0.3) is 11.0 Å². The van der Waals surface area contributed by atoms with Gasteiger partial charge in [0.15, 0.2) is 11.6 Å². The van der Waals surface area contributed by atoms with E-state index in [0.29, 0.717) is 12.3 Å². The standard InChI is InChI=1S/C16H12ClF2N5O/c1-9(8-24-15-5-3-2-4-14(15)21-23-24)20-22-16(25)10-6-12(18)13(19)7-11(10)17/h2-7H,8H2,1H3,(H,22,25). The number of carbonyl (C=O) groups is 1. The van der Waals surface area contributed by atoms with Crippen molar-refractivity contribution in [1.29, 1.82) is 0 Å². The third-order valence-electron chi connectivity index (χ3n) is 3.40. The zero-order chi connectivity index (χ0) is 18.0. The summed E-state index contributed by atoms with van der Waals surface area (Å²) in [5.74, 6) is -3.03. The van der Waals surface area contributed by atoms with E-state index in [1.54, 1.807) is 11.6 Å². The number of hydrogen-bond donors (Lipinski definition) is 1. The highest BCUT2D eigenvalue weighted by molar-refractivity contribution is 6.33. The predicted octanol–water partition coefficient (Wildman–Crippen LogP) is 3.17. The number of hydrogen-bond acceptors (Lipinski definition) is 4. The second kappa shape index (κ2) is 6.94. The van der Waals surface area contributed by atoms with Crippen molar-refractivity contribution in [3.63, 3.8) is 0 Å². The third-order valence-corrected chi connectivity index (χ3v) is 3.71. The summed E-state index contributed by atoms with van der Waals surface area (Å²) < 4.78 is 27.9. The number of nitrogens with zero attached hydrogens (tertiary/aromatic N) is 4. The van der Waals surface area contributed by atoms with Gasteiger partial charge < -0.3 is 0 Å². The fourth-order valence-electron chi connectivity index (χ4n) is 2.19. The average molecular weight is 364 g/mol. The molecule has 25 heavy (non-hydrogen) atoms. The second-order valence-electron chi connectivity index (χ2n) is 5.27. The molecular weight excluding hydrogens is 352 g/mol. The first kappa shape index (κ1) is 17.0. The maximum Gasteiger partial charge on any atom is 0.272 e. The minimum absolute atomic E-state index is 0.202. The molecule has 0 aliphatic carbocycles. The zero-order valence-electron chi connectivity index (χ0n) is 13.0. The Morgan fingerprint density at radius 3 is 2.80 bits per heavy atom. The predicted molar refractivity (Wildman–Crippen MR) is 89.5 cm³/mol. The highest BCUT2D eigenvalue weighted by atomic mass is 35.5. The van der Waals surface area contributed by atoms with Gasteiger partial charge in [-0.15, -0.1) is 5.10 Å². The average Bonchev–Trinajstić information content (AvgIpc) is 2.99. The van der Waals surface area contributed by atoms with Gasteiger partial charge >= 0.3 is 0 Å². The summed E-state index contributed by atoms with van der Waals surface area (Å²) in [6, 6.07) is 8.88. The van der Waals surface area contributed by atoms with Crippen LogP contribution in [0.4, 0.5) is 8.78 Å². The van der Waals surface area contributed by atoms with Gasteiger partial charge in [-0.2, -0.15) is 5.10 Å². The first-order valence-corrected chi connectivity index (χ1v) is 7.60. The Hall–Kier alpha value is -2.87. The fourth-order valence-corrected chi connectivity index (χ4v) is 2.43. The maximum absolute atomic E-state index is 13.3. The second-order valence-corrected chi connectivity index (χ2v) is 5.68. The highest BCUT2D eigenvalue weighted by Gasteiger charge is 2.14. The van der Waals surface area contributed by atoms with Crippen LogP contribution in [0, 0.1) is 11.6 Å². The molecular formula is C16H12ClF2N5O. The molecule has 0 saturated heterocycles. The lowest BCUT2D eigenvalue weighted by atomic mass is 10.2. The lowest BCUT2D eigenvalue weighted by Gasteiger charge is -2.06. The first-order chi connectivity index (χ1) is 12.0. The maximum atomic E-state index is 13.3. The Bertz CT molecular complexity index is 986. The van der Waals surface area contributed by atoms with E-state index in [0.717, 1.165) is 23.2 Å². The zero-order valence-corrected chi connectivity index (χ0v) is 13.8. The number of para-hydroxylation sites is 1. The summed E-state index contributed by atoms with van der Waals surface area (Å²) >= 11 is 5.75. The number of benzene rings is 2. The minimum atomic E-state index is -1.16. The highest BCUT2D eigenvalue weighted by Crippen LogP contribution is 2.19. The van der Waals surface area contributed by atoms with Crippen LogP contribution < -0.4 is 5.43 Å². The number of fused-ring (bicyclic) bond motifs is 1. The van der Waals surface area contributed by atoms with E-state index in [1.807, 2.05) is 24.3 Å². The van der Waals surface area contributed by atoms with Gasteiger partial charge in [-0.25, -0.2) is 18.9 Å². The van der Waals surface area contributed by atoms with Gasteiger partial charge in [0.05, 0.1) is 28.4 Å². The Labute approximate surface area is 146 Å². The normalized spacial score (nSPS) is 11.8. The molecule has 3 rings (SSSR count). The molecule has 0 saturated carbocycles. The van der Waals surface area contributed by atoms with Gasteiger partial charge in [-0.3, -0.25) is 4.79 Å². The van der Waals surface area contributed by atoms with Crippen LogP contribution in [0.5, 0.6) is 0 Å². The fraction of sp³-hybridized carbons (Fsp3) is 0.125. The molecule has 0 radical (unpaired) electrons. The molecule has 1 N–H and O–H groups in total. The van der Waals surface area contributed by atoms with Gasteiger partial charge in [0.1, 0.15) is 5.52 Å². The number of amides is 1. The molecule has 1 amide bonds. The van der Waals surface area contributed by atoms with Crippen LogP contribution in [0.15, 0.2) is 41.5 Å². The summed E-state index contributed by atoms with van der Waals surface area (Å²) in [4.78, 5) is 12.0. The molecule has 6 nitrogen and oxygen atoms in total. The van der Waals surface area contributed by atoms with Crippen molar-refractivity contribution >= 4 is 34.3 Å². The van der Waals surface area contributed by atoms with Crippen LogP contribution in [0.2, 0.25) is 5.02 Å². The van der Waals surface area contributed by atoms with Gasteiger partial charge in [0, 0.05) is 0 Å². The molecule has 0 unspecified atom stereocenters. The number of nitrogens with one attached hydrogen (secondary N) is 1. The summed E-state index contributed by atoms with van der Waals surface area (Å²) in [7, 11) is 0. The summed E-state index contributed by atoms with van der Waals surface area (Å²) in [5.41, 5.74) is 4.16. The number of carbonyl (C=O) groups excluding carboxylic acids is 1. The van der Waals surface area contributed by atoms with Gasteiger partial charge in [-0.05, 0) is 31.2 Å². The van der Waals surface area contributed by atoms with E-state index < -0.39 is 17.5 Å². The van der Waals surface area contributed by atoms with Crippen molar-refractivity contribution < 1.29 is 13.6 Å². The third kappa shape index (κ3) is 3.63. The van der Waals surface area contributed by atoms with E-state index in [9.17, 15) is 13.6 Å². The van der Waals surface area contributed by atoms with Gasteiger partial charge in [0.2, 0.25) is 0 Å². The Morgan fingerprint density at radius 1 is 1.28 bits per heavy atom. The SMILES string of the molecule is CC(Cn1nnc2ccccc21)=NNC(=O)c1cc(F)c(F)cc1Cl. The molecule has 9 heteroatoms. The van der Waals surface area contributed by atoms with Crippen molar-refractivity contribution in [1.82, 2.24) is 20.4 Å². The Balaban J connectivity index is 1.73. The van der Waals surface area contributed by atoms with Crippen molar-refractivity contribution in [2.75, 3.05) is 0 Å². The molecule has 0 fully saturated rings. The summed E-state index contributed by atoms with van der Waals surface area (Å²) in [6.45, 7) is 1.98. The molecule has 1 aromatic heterocycles. The summed E-state index contributed by atoms with van der Waals surface area (Å²) in [5, 5.41) is 11.8. The van der Waals surface area contributed by atoms with Crippen molar-refractivity contribution in [2.24, 2.45) is 5.10 Å². The molecule has 0 atom stereocenters. The first-order valence-electron chi connectivity index (χ1n) is 7.22. The van der Waals surface area contributed by atoms with Crippen LogP contribution in [-0.4, -0.2) is 26.6 Å². The monoisotopic (exact) mass is 363 g/mol. The number of aromatic nitrogens is 3. The topological polar surface area (TPSA) is 72.2 Å². The molecule has 2 aromatic carbocycles. The lowest BCUT2D eigenvalue weighted by Crippen LogP contribution is -2.21.